The molecule has 0 aliphatic heterocycles. The number of nitrogens with zero attached hydrogens (tertiary/aromatic N) is 2. The van der Waals surface area contributed by atoms with Gasteiger partial charge in [-0.2, -0.15) is 0 Å². The van der Waals surface area contributed by atoms with Gasteiger partial charge in [-0.1, -0.05) is 286 Å². The SMILES string of the molecule is CC(C)(C)C1(C2(C(C)(C)C)c3ccccc3-c3c2cc(N(c2ccc([Si](C)(C)C)cc2)c2ccc([Si](C)(C)C)cc2)c2ccccc32)c2ccccc2-c2c1cc(N(c1ccc([Si](C)(C)C)cc1)c1ccc([Si](C)(C)C)cc1)c1ccccc21. The van der Waals surface area contributed by atoms with Crippen molar-refractivity contribution in [2.75, 3.05) is 9.80 Å². The molecule has 0 radical (unpaired) electrons. The van der Waals surface area contributed by atoms with Crippen LogP contribution >= 0.6 is 0 Å². The van der Waals surface area contributed by atoms with Gasteiger partial charge in [-0.15, -0.1) is 0 Å². The highest BCUT2D eigenvalue weighted by molar-refractivity contribution is 6.90. The van der Waals surface area contributed by atoms with E-state index in [2.05, 4.69) is 336 Å². The normalized spacial score (nSPS) is 17.0. The molecule has 2 aliphatic carbocycles. The lowest BCUT2D eigenvalue weighted by atomic mass is 9.39. The van der Waals surface area contributed by atoms with Gasteiger partial charge in [0.2, 0.25) is 0 Å². The molecule has 0 saturated carbocycles. The average Bonchev–Trinajstić information content (AvgIpc) is 1.44. The van der Waals surface area contributed by atoms with Gasteiger partial charge in [0.25, 0.3) is 0 Å². The zero-order valence-corrected chi connectivity index (χ0v) is 57.5. The number of hydrogen-bond donors (Lipinski definition) is 0. The van der Waals surface area contributed by atoms with Gasteiger partial charge in [0.15, 0.2) is 0 Å². The number of hydrogen-bond acceptors (Lipinski definition) is 2. The van der Waals surface area contributed by atoms with Gasteiger partial charge in [0.1, 0.15) is 0 Å². The zero-order valence-electron chi connectivity index (χ0n) is 53.5. The summed E-state index contributed by atoms with van der Waals surface area (Å²) in [5.41, 5.74) is 15.9. The van der Waals surface area contributed by atoms with Crippen LogP contribution in [0.1, 0.15) is 63.8 Å². The number of anilines is 6. The molecule has 0 aromatic heterocycles. The highest BCUT2D eigenvalue weighted by atomic mass is 28.3. The molecule has 0 spiro atoms. The molecule has 426 valence electrons. The highest BCUT2D eigenvalue weighted by Crippen LogP contribution is 2.76. The maximum absolute atomic E-state index is 2.70. The third-order valence-electron chi connectivity index (χ3n) is 19.3. The van der Waals surface area contributed by atoms with Crippen molar-refractivity contribution in [2.45, 2.75) is 131 Å². The van der Waals surface area contributed by atoms with E-state index in [1.54, 1.807) is 0 Å². The molecule has 2 unspecified atom stereocenters. The second-order valence-electron chi connectivity index (χ2n) is 30.7. The first-order valence-corrected chi connectivity index (χ1v) is 44.8. The Balaban J connectivity index is 1.25. The Morgan fingerprint density at radius 3 is 0.762 bits per heavy atom. The molecule has 0 fully saturated rings. The Morgan fingerprint density at radius 1 is 0.274 bits per heavy atom. The summed E-state index contributed by atoms with van der Waals surface area (Å²) in [6.07, 6.45) is 0. The van der Waals surface area contributed by atoms with E-state index in [-0.39, 0.29) is 10.8 Å². The van der Waals surface area contributed by atoms with E-state index >= 15 is 0 Å². The molecule has 2 atom stereocenters. The van der Waals surface area contributed by atoms with E-state index in [9.17, 15) is 0 Å². The molecule has 12 rings (SSSR count). The van der Waals surface area contributed by atoms with Crippen LogP contribution in [0.4, 0.5) is 34.1 Å². The van der Waals surface area contributed by atoms with Gasteiger partial charge in [0.05, 0.1) is 43.7 Å². The lowest BCUT2D eigenvalue weighted by molar-refractivity contribution is 0.0595. The van der Waals surface area contributed by atoms with Crippen LogP contribution < -0.4 is 30.5 Å². The molecular weight excluding hydrogens is 1080 g/mol. The predicted molar refractivity (Wildman–Crippen MR) is 381 cm³/mol. The van der Waals surface area contributed by atoms with E-state index in [1.165, 1.54) is 121 Å². The van der Waals surface area contributed by atoms with Gasteiger partial charge >= 0.3 is 0 Å². The molecule has 2 nitrogen and oxygen atoms in total. The van der Waals surface area contributed by atoms with E-state index < -0.39 is 43.1 Å². The van der Waals surface area contributed by atoms with Crippen LogP contribution in [0.15, 0.2) is 206 Å². The first-order valence-electron chi connectivity index (χ1n) is 30.8. The largest absolute Gasteiger partial charge is 0.310 e. The van der Waals surface area contributed by atoms with Crippen molar-refractivity contribution in [1.82, 2.24) is 0 Å². The van der Waals surface area contributed by atoms with Gasteiger partial charge in [-0.25, -0.2) is 0 Å². The Labute approximate surface area is 507 Å². The molecular formula is C78H88N2Si4. The Kier molecular flexibility index (Phi) is 13.6. The van der Waals surface area contributed by atoms with Crippen molar-refractivity contribution in [2.24, 2.45) is 10.8 Å². The van der Waals surface area contributed by atoms with Crippen molar-refractivity contribution >= 4 is 109 Å². The summed E-state index contributed by atoms with van der Waals surface area (Å²) in [6, 6.07) is 81.9. The minimum atomic E-state index is -1.61. The molecule has 0 amide bonds. The molecule has 0 heterocycles. The molecule has 0 N–H and O–H groups in total. The van der Waals surface area contributed by atoms with Crippen molar-refractivity contribution in [3.8, 4) is 22.3 Å². The third kappa shape index (κ3) is 8.85. The van der Waals surface area contributed by atoms with E-state index in [4.69, 9.17) is 0 Å². The maximum atomic E-state index is 2.70. The summed E-state index contributed by atoms with van der Waals surface area (Å²) in [4.78, 5) is 5.21. The average molecular weight is 1170 g/mol. The highest BCUT2D eigenvalue weighted by Gasteiger charge is 2.71. The van der Waals surface area contributed by atoms with E-state index in [1.807, 2.05) is 0 Å². The number of benzene rings is 10. The molecule has 10 aromatic rings. The first-order chi connectivity index (χ1) is 39.5. The van der Waals surface area contributed by atoms with Crippen LogP contribution in [0.2, 0.25) is 78.6 Å². The summed E-state index contributed by atoms with van der Waals surface area (Å²) in [7, 11) is -6.45. The fourth-order valence-electron chi connectivity index (χ4n) is 15.4. The maximum Gasteiger partial charge on any atom is 0.0775 e. The van der Waals surface area contributed by atoms with E-state index in [0.717, 1.165) is 0 Å². The topological polar surface area (TPSA) is 6.48 Å². The van der Waals surface area contributed by atoms with Crippen LogP contribution in [0.5, 0.6) is 0 Å². The van der Waals surface area contributed by atoms with Crippen molar-refractivity contribution < 1.29 is 0 Å². The van der Waals surface area contributed by atoms with Crippen molar-refractivity contribution in [1.29, 1.82) is 0 Å². The molecule has 6 heteroatoms. The van der Waals surface area contributed by atoms with Crippen LogP contribution in [0.3, 0.4) is 0 Å². The van der Waals surface area contributed by atoms with Crippen LogP contribution in [-0.2, 0) is 10.8 Å². The fraction of sp³-hybridized carbons (Fsp3) is 0.282. The number of fused-ring (bicyclic) bond motifs is 10. The van der Waals surface area contributed by atoms with Gasteiger partial charge in [-0.3, -0.25) is 0 Å². The summed E-state index contributed by atoms with van der Waals surface area (Å²) in [5, 5.41) is 10.9. The quantitative estimate of drug-likeness (QED) is 0.119. The first kappa shape index (κ1) is 57.6. The van der Waals surface area contributed by atoms with Crippen molar-refractivity contribution in [3.05, 3.63) is 229 Å². The summed E-state index contributed by atoms with van der Waals surface area (Å²) in [5.74, 6) is 0. The summed E-state index contributed by atoms with van der Waals surface area (Å²) < 4.78 is 0. The molecule has 84 heavy (non-hydrogen) atoms. The van der Waals surface area contributed by atoms with E-state index in [0.29, 0.717) is 0 Å². The van der Waals surface area contributed by atoms with Crippen molar-refractivity contribution in [3.63, 3.8) is 0 Å². The fourth-order valence-corrected chi connectivity index (χ4v) is 20.1. The minimum absolute atomic E-state index is 0.385. The second kappa shape index (κ2) is 19.9. The number of rotatable bonds is 11. The molecule has 0 bridgehead atoms. The van der Waals surface area contributed by atoms with Crippen LogP contribution in [0, 0.1) is 10.8 Å². The smallest absolute Gasteiger partial charge is 0.0775 e. The predicted octanol–water partition coefficient (Wildman–Crippen LogP) is 20.4. The minimum Gasteiger partial charge on any atom is -0.310 e. The van der Waals surface area contributed by atoms with Crippen LogP contribution in [0.25, 0.3) is 43.8 Å². The summed E-state index contributed by atoms with van der Waals surface area (Å²) >= 11 is 0. The monoisotopic (exact) mass is 1160 g/mol. The third-order valence-corrected chi connectivity index (χ3v) is 27.6. The van der Waals surface area contributed by atoms with Crippen LogP contribution in [-0.4, -0.2) is 32.3 Å². The Bertz CT molecular complexity index is 3790. The van der Waals surface area contributed by atoms with Gasteiger partial charge in [-0.05, 0) is 127 Å². The second-order valence-corrected chi connectivity index (χ2v) is 51.0. The standard InChI is InChI=1S/C78H88N2Si4/c1-75(2,3)77(67-33-25-23-31-65(67)73-63-29-21-19-27-61(63)71(51-69(73)77)79(53-35-43-57(44-36-53)81(7,8)9)54-37-45-58(46-38-54)82(10,11)12)78(76(4,5)6)68-34-26-24-32-66(68)74-64-30-22-20-28-62(64)72(52-70(74)78)80(55-39-47-59(48-40-55)83(13,14)15)56-41-49-60(50-42-56)84(16,17)18/h19-52H,1-18H3. The molecule has 2 aliphatic rings. The zero-order chi connectivity index (χ0) is 59.9. The lowest BCUT2D eigenvalue weighted by Gasteiger charge is -2.62. The van der Waals surface area contributed by atoms with Gasteiger partial charge in [0, 0.05) is 44.4 Å². The Morgan fingerprint density at radius 2 is 0.512 bits per heavy atom. The van der Waals surface area contributed by atoms with Gasteiger partial charge < -0.3 is 9.80 Å². The molecule has 10 aromatic carbocycles. The molecule has 0 saturated heterocycles. The lowest BCUT2D eigenvalue weighted by Crippen LogP contribution is -2.62. The summed E-state index contributed by atoms with van der Waals surface area (Å²) in [6.45, 7) is 44.9. The Hall–Kier alpha value is -6.81.